The fourth-order valence-electron chi connectivity index (χ4n) is 3.36. The Labute approximate surface area is 190 Å². The second kappa shape index (κ2) is 9.66. The van der Waals surface area contributed by atoms with E-state index in [0.29, 0.717) is 35.3 Å². The van der Waals surface area contributed by atoms with Gasteiger partial charge in [-0.3, -0.25) is 5.43 Å². The Morgan fingerprint density at radius 3 is 2.50 bits per heavy atom. The van der Waals surface area contributed by atoms with Crippen LogP contribution >= 0.6 is 11.6 Å². The quantitative estimate of drug-likeness (QED) is 0.540. The molecular weight excluding hydrogens is 445 g/mol. The maximum atomic E-state index is 12.8. The maximum absolute atomic E-state index is 12.8. The molecule has 10 heteroatoms. The van der Waals surface area contributed by atoms with Crippen molar-refractivity contribution < 1.29 is 23.0 Å². The minimum Gasteiger partial charge on any atom is -0.384 e. The molecule has 3 N–H and O–H groups in total. The van der Waals surface area contributed by atoms with E-state index in [1.807, 2.05) is 12.1 Å². The van der Waals surface area contributed by atoms with Crippen LogP contribution in [0.15, 0.2) is 47.5 Å². The molecule has 1 unspecified atom stereocenters. The van der Waals surface area contributed by atoms with Gasteiger partial charge in [-0.25, -0.2) is 10.0 Å². The van der Waals surface area contributed by atoms with Crippen LogP contribution in [-0.4, -0.2) is 37.6 Å². The van der Waals surface area contributed by atoms with Crippen LogP contribution in [0.25, 0.3) is 0 Å². The number of amidine groups is 1. The summed E-state index contributed by atoms with van der Waals surface area (Å²) in [6.45, 7) is 6.18. The first-order valence-corrected chi connectivity index (χ1v) is 10.4. The van der Waals surface area contributed by atoms with Crippen LogP contribution in [0.5, 0.6) is 0 Å². The Bertz CT molecular complexity index is 965. The number of rotatable bonds is 8. The van der Waals surface area contributed by atoms with Gasteiger partial charge in [-0.15, -0.1) is 0 Å². The van der Waals surface area contributed by atoms with Crippen LogP contribution in [0.4, 0.5) is 18.9 Å². The van der Waals surface area contributed by atoms with Crippen LogP contribution in [0, 0.1) is 5.41 Å². The Morgan fingerprint density at radius 2 is 1.88 bits per heavy atom. The van der Waals surface area contributed by atoms with Gasteiger partial charge in [-0.1, -0.05) is 31.5 Å². The van der Waals surface area contributed by atoms with E-state index in [2.05, 4.69) is 29.6 Å². The van der Waals surface area contributed by atoms with Gasteiger partial charge in [0.2, 0.25) is 6.35 Å². The minimum atomic E-state index is -4.43. The number of ether oxygens (including phenoxy) is 1. The lowest BCUT2D eigenvalue weighted by Crippen LogP contribution is -2.41. The first kappa shape index (κ1) is 24.3. The second-order valence-corrected chi connectivity index (χ2v) is 8.77. The normalized spacial score (nSPS) is 16.8. The number of methoxy groups -OCH3 is 1. The Balaban J connectivity index is 1.70. The first-order chi connectivity index (χ1) is 15.0. The van der Waals surface area contributed by atoms with Crippen molar-refractivity contribution in [1.82, 2.24) is 10.7 Å². The summed E-state index contributed by atoms with van der Waals surface area (Å²) in [5.41, 5.74) is 4.01. The van der Waals surface area contributed by atoms with E-state index < -0.39 is 18.1 Å². The van der Waals surface area contributed by atoms with E-state index in [1.54, 1.807) is 13.2 Å². The largest absolute Gasteiger partial charge is 0.416 e. The summed E-state index contributed by atoms with van der Waals surface area (Å²) in [5.74, 6) is 0.323. The van der Waals surface area contributed by atoms with E-state index in [0.717, 1.165) is 24.2 Å². The van der Waals surface area contributed by atoms with Gasteiger partial charge in [0.05, 0.1) is 22.9 Å². The lowest BCUT2D eigenvalue weighted by Gasteiger charge is -2.24. The summed E-state index contributed by atoms with van der Waals surface area (Å²) in [6, 6.07) is 9.92. The zero-order valence-corrected chi connectivity index (χ0v) is 18.8. The highest BCUT2D eigenvalue weighted by molar-refractivity contribution is 6.34. The van der Waals surface area contributed by atoms with Crippen LogP contribution in [0.2, 0.25) is 5.02 Å². The Morgan fingerprint density at radius 1 is 1.19 bits per heavy atom. The number of hydrogen-bond acceptors (Lipinski definition) is 6. The molecule has 0 fully saturated rings. The molecule has 2 aromatic carbocycles. The van der Waals surface area contributed by atoms with Gasteiger partial charge in [0.1, 0.15) is 0 Å². The van der Waals surface area contributed by atoms with Gasteiger partial charge >= 0.3 is 6.18 Å². The zero-order valence-electron chi connectivity index (χ0n) is 18.0. The highest BCUT2D eigenvalue weighted by Gasteiger charge is 2.31. The number of benzene rings is 2. The number of nitrogens with zero attached hydrogens (tertiary/aromatic N) is 2. The molecule has 0 radical (unpaired) electrons. The molecule has 174 valence electrons. The smallest absolute Gasteiger partial charge is 0.384 e. The van der Waals surface area contributed by atoms with Crippen molar-refractivity contribution in [2.45, 2.75) is 32.9 Å². The van der Waals surface area contributed by atoms with E-state index in [4.69, 9.17) is 16.3 Å². The SMILES string of the molecule is COCC(C)(C)CNCc1ccc(Cl)c(C2=NC(O)N(c3ccc(C(F)(F)F)cc3)N2)c1. The number of anilines is 1. The van der Waals surface area contributed by atoms with E-state index in [9.17, 15) is 18.3 Å². The molecule has 1 atom stereocenters. The summed E-state index contributed by atoms with van der Waals surface area (Å²) in [6.07, 6.45) is -5.74. The number of hydrogen-bond donors (Lipinski definition) is 3. The van der Waals surface area contributed by atoms with Gasteiger partial charge < -0.3 is 15.2 Å². The fraction of sp³-hybridized carbons (Fsp3) is 0.409. The average Bonchev–Trinajstić information content (AvgIpc) is 3.10. The van der Waals surface area contributed by atoms with Gasteiger partial charge in [-0.05, 0) is 42.0 Å². The molecule has 1 aliphatic heterocycles. The molecule has 0 aliphatic carbocycles. The van der Waals surface area contributed by atoms with Gasteiger partial charge in [-0.2, -0.15) is 13.2 Å². The van der Waals surface area contributed by atoms with Crippen LogP contribution in [-0.2, 0) is 17.5 Å². The number of hydrazine groups is 1. The molecule has 0 saturated heterocycles. The summed E-state index contributed by atoms with van der Waals surface area (Å²) < 4.78 is 43.6. The average molecular weight is 471 g/mol. The van der Waals surface area contributed by atoms with Gasteiger partial charge in [0, 0.05) is 31.2 Å². The molecule has 1 heterocycles. The topological polar surface area (TPSA) is 69.1 Å². The van der Waals surface area contributed by atoms with Crippen molar-refractivity contribution in [3.05, 3.63) is 64.2 Å². The lowest BCUT2D eigenvalue weighted by atomic mass is 9.95. The molecule has 2 aromatic rings. The number of aliphatic hydroxyl groups excluding tert-OH is 1. The number of halogens is 4. The molecule has 6 nitrogen and oxygen atoms in total. The Kier molecular flexibility index (Phi) is 7.34. The van der Waals surface area contributed by atoms with Crippen LogP contribution in [0.1, 0.15) is 30.5 Å². The molecule has 0 amide bonds. The fourth-order valence-corrected chi connectivity index (χ4v) is 3.57. The first-order valence-electron chi connectivity index (χ1n) is 9.98. The molecule has 0 aromatic heterocycles. The van der Waals surface area contributed by atoms with E-state index in [-0.39, 0.29) is 5.41 Å². The van der Waals surface area contributed by atoms with Crippen LogP contribution in [0.3, 0.4) is 0 Å². The van der Waals surface area contributed by atoms with Gasteiger partial charge in [0.15, 0.2) is 5.84 Å². The van der Waals surface area contributed by atoms with Crippen molar-refractivity contribution in [1.29, 1.82) is 0 Å². The third-order valence-corrected chi connectivity index (χ3v) is 5.26. The van der Waals surface area contributed by atoms with Crippen molar-refractivity contribution in [3.8, 4) is 0 Å². The van der Waals surface area contributed by atoms with Crippen molar-refractivity contribution >= 4 is 23.1 Å². The van der Waals surface area contributed by atoms with Crippen LogP contribution < -0.4 is 15.8 Å². The number of aliphatic hydroxyl groups is 1. The predicted molar refractivity (Wildman–Crippen MR) is 118 cm³/mol. The van der Waals surface area contributed by atoms with Gasteiger partial charge in [0.25, 0.3) is 0 Å². The molecule has 32 heavy (non-hydrogen) atoms. The molecular formula is C22H26ClF3N4O2. The highest BCUT2D eigenvalue weighted by Crippen LogP contribution is 2.31. The number of aliphatic imine (C=N–C) groups is 1. The third-order valence-electron chi connectivity index (χ3n) is 4.93. The molecule has 0 saturated carbocycles. The van der Waals surface area contributed by atoms with Crippen molar-refractivity contribution in [2.75, 3.05) is 25.3 Å². The molecule has 1 aliphatic rings. The minimum absolute atomic E-state index is 0.0205. The monoisotopic (exact) mass is 470 g/mol. The Hall–Kier alpha value is -2.33. The van der Waals surface area contributed by atoms with Crippen molar-refractivity contribution in [3.63, 3.8) is 0 Å². The third kappa shape index (κ3) is 5.92. The summed E-state index contributed by atoms with van der Waals surface area (Å²) in [5, 5.41) is 15.4. The van der Waals surface area contributed by atoms with Crippen molar-refractivity contribution in [2.24, 2.45) is 10.4 Å². The predicted octanol–water partition coefficient (Wildman–Crippen LogP) is 4.17. The standard InChI is InChI=1S/C22H26ClF3N4O2/c1-21(2,13-32-3)12-27-11-14-4-9-18(23)17(10-14)19-28-20(31)30(29-19)16-7-5-15(6-8-16)22(24,25)26/h4-10,20,27,31H,11-13H2,1-3H3,(H,28,29). The summed E-state index contributed by atoms with van der Waals surface area (Å²) in [7, 11) is 1.67. The molecule has 0 spiro atoms. The zero-order chi connectivity index (χ0) is 23.5. The summed E-state index contributed by atoms with van der Waals surface area (Å²) >= 11 is 6.35. The highest BCUT2D eigenvalue weighted by atomic mass is 35.5. The second-order valence-electron chi connectivity index (χ2n) is 8.37. The molecule has 3 rings (SSSR count). The summed E-state index contributed by atoms with van der Waals surface area (Å²) in [4.78, 5) is 4.18. The lowest BCUT2D eigenvalue weighted by molar-refractivity contribution is -0.137. The number of alkyl halides is 3. The van der Waals surface area contributed by atoms with E-state index in [1.165, 1.54) is 17.1 Å². The molecule has 0 bridgehead atoms. The maximum Gasteiger partial charge on any atom is 0.416 e. The number of nitrogens with one attached hydrogen (secondary N) is 2. The van der Waals surface area contributed by atoms with E-state index >= 15 is 0 Å².